The fraction of sp³-hybridized carbons (Fsp3) is 0.0435. The third-order valence-corrected chi connectivity index (χ3v) is 4.65. The van der Waals surface area contributed by atoms with Gasteiger partial charge >= 0.3 is 0 Å². The van der Waals surface area contributed by atoms with Crippen LogP contribution in [0.15, 0.2) is 89.6 Å². The Labute approximate surface area is 173 Å². The maximum Gasteiger partial charge on any atom is 0.297 e. The van der Waals surface area contributed by atoms with Gasteiger partial charge in [0.15, 0.2) is 5.84 Å². The van der Waals surface area contributed by atoms with Crippen LogP contribution in [0.25, 0.3) is 6.08 Å². The summed E-state index contributed by atoms with van der Waals surface area (Å²) in [6.45, 7) is 0. The van der Waals surface area contributed by atoms with Gasteiger partial charge in [-0.15, -0.1) is 0 Å². The summed E-state index contributed by atoms with van der Waals surface area (Å²) in [6.07, 6.45) is 1.75. The molecule has 0 saturated heterocycles. The van der Waals surface area contributed by atoms with Gasteiger partial charge in [-0.3, -0.25) is 10.2 Å². The molecule has 1 aliphatic rings. The average molecular weight is 404 g/mol. The summed E-state index contributed by atoms with van der Waals surface area (Å²) < 4.78 is 5.19. The second-order valence-corrected chi connectivity index (χ2v) is 6.80. The van der Waals surface area contributed by atoms with Crippen molar-refractivity contribution in [1.82, 2.24) is 5.01 Å². The summed E-state index contributed by atoms with van der Waals surface area (Å²) in [5, 5.41) is 2.10. The van der Waals surface area contributed by atoms with Crippen molar-refractivity contribution in [3.8, 4) is 5.75 Å². The zero-order valence-corrected chi connectivity index (χ0v) is 16.4. The maximum absolute atomic E-state index is 13.1. The maximum atomic E-state index is 13.1. The topological polar surface area (TPSA) is 53.9 Å². The molecule has 144 valence electrons. The number of ether oxygens (including phenoxy) is 1. The van der Waals surface area contributed by atoms with E-state index in [1.807, 2.05) is 66.7 Å². The Bertz CT molecular complexity index is 1080. The lowest BCUT2D eigenvalue weighted by molar-refractivity contribution is -0.121. The number of carbonyl (C=O) groups excluding carboxylic acids is 1. The molecule has 5 nitrogen and oxygen atoms in total. The fourth-order valence-corrected chi connectivity index (χ4v) is 3.04. The number of carbonyl (C=O) groups is 1. The van der Waals surface area contributed by atoms with Crippen LogP contribution in [0.5, 0.6) is 5.75 Å². The van der Waals surface area contributed by atoms with Crippen molar-refractivity contribution in [3.63, 3.8) is 0 Å². The normalized spacial score (nSPS) is 14.8. The molecule has 0 saturated carbocycles. The highest BCUT2D eigenvalue weighted by molar-refractivity contribution is 6.30. The minimum atomic E-state index is -0.241. The number of nitrogens with one attached hydrogen (secondary N) is 1. The first kappa shape index (κ1) is 18.8. The second kappa shape index (κ2) is 8.20. The van der Waals surface area contributed by atoms with Crippen molar-refractivity contribution < 1.29 is 9.53 Å². The molecule has 6 heteroatoms. The molecule has 0 spiro atoms. The average Bonchev–Trinajstić information content (AvgIpc) is 3.06. The molecule has 0 aliphatic carbocycles. The van der Waals surface area contributed by atoms with Gasteiger partial charge in [0.25, 0.3) is 5.91 Å². The molecule has 0 bridgehead atoms. The number of methoxy groups -OCH3 is 1. The van der Waals surface area contributed by atoms with E-state index in [0.29, 0.717) is 16.6 Å². The zero-order valence-electron chi connectivity index (χ0n) is 15.7. The van der Waals surface area contributed by atoms with Crippen LogP contribution in [0, 0.1) is 0 Å². The number of aliphatic imine (C=N–C) groups is 1. The highest BCUT2D eigenvalue weighted by Gasteiger charge is 2.31. The number of anilines is 1. The molecule has 3 aromatic carbocycles. The number of amidine groups is 1. The standard InChI is InChI=1S/C23H18ClN3O2/c1-29-20-13-11-19(12-14-20)26-27-22(17-5-3-2-4-6-17)25-21(23(27)28)15-16-7-9-18(24)10-8-16/h2-15,26H,1H3/b21-15-. The molecule has 29 heavy (non-hydrogen) atoms. The smallest absolute Gasteiger partial charge is 0.297 e. The Kier molecular flexibility index (Phi) is 5.31. The first-order chi connectivity index (χ1) is 14.1. The number of hydrogen-bond donors (Lipinski definition) is 1. The quantitative estimate of drug-likeness (QED) is 0.609. The molecule has 3 aromatic rings. The highest BCUT2D eigenvalue weighted by Crippen LogP contribution is 2.24. The van der Waals surface area contributed by atoms with E-state index in [1.54, 1.807) is 25.3 Å². The Hall–Kier alpha value is -3.57. The Balaban J connectivity index is 1.69. The zero-order chi connectivity index (χ0) is 20.2. The lowest BCUT2D eigenvalue weighted by Gasteiger charge is -2.20. The fourth-order valence-electron chi connectivity index (χ4n) is 2.91. The van der Waals surface area contributed by atoms with Crippen LogP contribution >= 0.6 is 11.6 Å². The predicted octanol–water partition coefficient (Wildman–Crippen LogP) is 5.01. The summed E-state index contributed by atoms with van der Waals surface area (Å²) in [5.41, 5.74) is 5.92. The molecule has 1 heterocycles. The molecule has 0 atom stereocenters. The van der Waals surface area contributed by atoms with Crippen LogP contribution in [-0.2, 0) is 4.79 Å². The summed E-state index contributed by atoms with van der Waals surface area (Å²) in [5.74, 6) is 1.03. The second-order valence-electron chi connectivity index (χ2n) is 6.36. The van der Waals surface area contributed by atoms with Crippen LogP contribution in [-0.4, -0.2) is 23.9 Å². The SMILES string of the molecule is COc1ccc(NN2C(=O)/C(=C/c3ccc(Cl)cc3)N=C2c2ccccc2)cc1. The van der Waals surface area contributed by atoms with Crippen LogP contribution in [0.3, 0.4) is 0 Å². The number of hydrazine groups is 1. The number of hydrogen-bond acceptors (Lipinski definition) is 4. The van der Waals surface area contributed by atoms with Crippen LogP contribution in [0.2, 0.25) is 5.02 Å². The van der Waals surface area contributed by atoms with Gasteiger partial charge in [-0.2, -0.15) is 5.01 Å². The van der Waals surface area contributed by atoms with E-state index < -0.39 is 0 Å². The Morgan fingerprint density at radius 1 is 0.966 bits per heavy atom. The summed E-state index contributed by atoms with van der Waals surface area (Å²) in [4.78, 5) is 17.7. The lowest BCUT2D eigenvalue weighted by atomic mass is 10.2. The molecule has 1 aliphatic heterocycles. The third kappa shape index (κ3) is 4.15. The predicted molar refractivity (Wildman–Crippen MR) is 116 cm³/mol. The number of nitrogens with zero attached hydrogens (tertiary/aromatic N) is 2. The van der Waals surface area contributed by atoms with Gasteiger partial charge in [-0.1, -0.05) is 54.1 Å². The van der Waals surface area contributed by atoms with Gasteiger partial charge in [0.1, 0.15) is 11.4 Å². The van der Waals surface area contributed by atoms with Crippen molar-refractivity contribution in [3.05, 3.63) is 101 Å². The van der Waals surface area contributed by atoms with Gasteiger partial charge in [0, 0.05) is 10.6 Å². The van der Waals surface area contributed by atoms with Crippen molar-refractivity contribution in [2.75, 3.05) is 12.5 Å². The molecule has 1 amide bonds. The molecule has 0 aromatic heterocycles. The summed E-state index contributed by atoms with van der Waals surface area (Å²) in [7, 11) is 1.61. The highest BCUT2D eigenvalue weighted by atomic mass is 35.5. The molecule has 0 radical (unpaired) electrons. The monoisotopic (exact) mass is 403 g/mol. The van der Waals surface area contributed by atoms with E-state index >= 15 is 0 Å². The first-order valence-corrected chi connectivity index (χ1v) is 9.38. The molecule has 4 rings (SSSR count). The van der Waals surface area contributed by atoms with E-state index in [4.69, 9.17) is 16.3 Å². The number of rotatable bonds is 5. The number of benzene rings is 3. The van der Waals surface area contributed by atoms with E-state index in [-0.39, 0.29) is 5.91 Å². The van der Waals surface area contributed by atoms with Crippen molar-refractivity contribution >= 4 is 35.1 Å². The van der Waals surface area contributed by atoms with E-state index in [1.165, 1.54) is 5.01 Å². The van der Waals surface area contributed by atoms with Gasteiger partial charge in [0.2, 0.25) is 0 Å². The van der Waals surface area contributed by atoms with Gasteiger partial charge < -0.3 is 4.74 Å². The van der Waals surface area contributed by atoms with Gasteiger partial charge in [0.05, 0.1) is 12.8 Å². The Morgan fingerprint density at radius 2 is 1.66 bits per heavy atom. The minimum Gasteiger partial charge on any atom is -0.497 e. The molecule has 1 N–H and O–H groups in total. The van der Waals surface area contributed by atoms with Gasteiger partial charge in [-0.25, -0.2) is 4.99 Å². The molecule has 0 unspecified atom stereocenters. The lowest BCUT2D eigenvalue weighted by Crippen LogP contribution is -2.37. The van der Waals surface area contributed by atoms with Crippen LogP contribution in [0.1, 0.15) is 11.1 Å². The third-order valence-electron chi connectivity index (χ3n) is 4.40. The van der Waals surface area contributed by atoms with E-state index in [2.05, 4.69) is 10.4 Å². The molecule has 0 fully saturated rings. The number of halogens is 1. The van der Waals surface area contributed by atoms with E-state index in [9.17, 15) is 4.79 Å². The Morgan fingerprint density at radius 3 is 2.31 bits per heavy atom. The van der Waals surface area contributed by atoms with Crippen LogP contribution < -0.4 is 10.2 Å². The first-order valence-electron chi connectivity index (χ1n) is 9.00. The van der Waals surface area contributed by atoms with E-state index in [0.717, 1.165) is 22.6 Å². The van der Waals surface area contributed by atoms with Crippen molar-refractivity contribution in [2.45, 2.75) is 0 Å². The largest absolute Gasteiger partial charge is 0.497 e. The summed E-state index contributed by atoms with van der Waals surface area (Å²) in [6, 6.07) is 24.2. The summed E-state index contributed by atoms with van der Waals surface area (Å²) >= 11 is 5.95. The van der Waals surface area contributed by atoms with Crippen molar-refractivity contribution in [2.24, 2.45) is 4.99 Å². The number of amides is 1. The molecular weight excluding hydrogens is 386 g/mol. The van der Waals surface area contributed by atoms with Crippen molar-refractivity contribution in [1.29, 1.82) is 0 Å². The van der Waals surface area contributed by atoms with Gasteiger partial charge in [-0.05, 0) is 48.0 Å². The minimum absolute atomic E-state index is 0.241. The molecular formula is C23H18ClN3O2. The van der Waals surface area contributed by atoms with Crippen LogP contribution in [0.4, 0.5) is 5.69 Å².